The third-order valence-corrected chi connectivity index (χ3v) is 2.89. The molecule has 102 valence electrons. The normalized spacial score (nSPS) is 11.7. The van der Waals surface area contributed by atoms with Crippen LogP contribution in [0.15, 0.2) is 12.1 Å². The topological polar surface area (TPSA) is 70.1 Å². The van der Waals surface area contributed by atoms with Crippen LogP contribution in [-0.2, 0) is 0 Å². The lowest BCUT2D eigenvalue weighted by Crippen LogP contribution is -2.35. The summed E-state index contributed by atoms with van der Waals surface area (Å²) < 4.78 is 14.0. The molecular weight excluding hydrogens is 245 g/mol. The smallest absolute Gasteiger partial charge is 0.256 e. The lowest BCUT2D eigenvalue weighted by atomic mass is 10.1. The fourth-order valence-corrected chi connectivity index (χ4v) is 1.85. The van der Waals surface area contributed by atoms with E-state index >= 15 is 0 Å². The number of aryl methyl sites for hydroxylation is 1. The number of carbonyl (C=O) groups is 1. The number of hydrogen-bond donors (Lipinski definition) is 1. The molecule has 1 amide bonds. The molecule has 0 saturated heterocycles. The van der Waals surface area contributed by atoms with Crippen LogP contribution in [0.1, 0.15) is 29.8 Å². The standard InChI is InChI=1S/C14H18FN3O/c1-4-18(8-9(2)7-16)14(19)12-6-11(17)5-10(3)13(12)15/h5-6,9H,4,8,17H2,1-3H3. The molecule has 5 heteroatoms. The average Bonchev–Trinajstić information content (AvgIpc) is 2.38. The molecule has 0 spiro atoms. The highest BCUT2D eigenvalue weighted by Gasteiger charge is 2.21. The van der Waals surface area contributed by atoms with Gasteiger partial charge < -0.3 is 10.6 Å². The fraction of sp³-hybridized carbons (Fsp3) is 0.429. The van der Waals surface area contributed by atoms with E-state index in [0.717, 1.165) is 0 Å². The summed E-state index contributed by atoms with van der Waals surface area (Å²) in [5.41, 5.74) is 6.30. The van der Waals surface area contributed by atoms with Gasteiger partial charge in [-0.25, -0.2) is 4.39 Å². The molecule has 19 heavy (non-hydrogen) atoms. The van der Waals surface area contributed by atoms with E-state index in [1.807, 2.05) is 0 Å². The molecule has 1 aromatic carbocycles. The predicted octanol–water partition coefficient (Wildman–Crippen LogP) is 2.34. The number of amides is 1. The van der Waals surface area contributed by atoms with E-state index in [0.29, 0.717) is 17.8 Å². The Balaban J connectivity index is 3.08. The van der Waals surface area contributed by atoms with Crippen molar-refractivity contribution in [3.05, 3.63) is 29.1 Å². The molecule has 0 bridgehead atoms. The van der Waals surface area contributed by atoms with E-state index in [4.69, 9.17) is 11.0 Å². The van der Waals surface area contributed by atoms with E-state index in [9.17, 15) is 9.18 Å². The minimum absolute atomic E-state index is 0.0375. The third-order valence-electron chi connectivity index (χ3n) is 2.89. The second-order valence-electron chi connectivity index (χ2n) is 4.57. The maximum absolute atomic E-state index is 14.0. The predicted molar refractivity (Wildman–Crippen MR) is 71.9 cm³/mol. The summed E-state index contributed by atoms with van der Waals surface area (Å²) in [4.78, 5) is 13.7. The van der Waals surface area contributed by atoms with E-state index in [-0.39, 0.29) is 18.0 Å². The molecule has 1 rings (SSSR count). The molecule has 0 aliphatic rings. The van der Waals surface area contributed by atoms with E-state index in [1.165, 1.54) is 17.0 Å². The van der Waals surface area contributed by atoms with Crippen molar-refractivity contribution in [3.8, 4) is 6.07 Å². The van der Waals surface area contributed by atoms with Gasteiger partial charge in [0.05, 0.1) is 17.6 Å². The number of halogens is 1. The lowest BCUT2D eigenvalue weighted by molar-refractivity contribution is 0.0748. The summed E-state index contributed by atoms with van der Waals surface area (Å²) in [6.07, 6.45) is 0. The van der Waals surface area contributed by atoms with E-state index in [2.05, 4.69) is 6.07 Å². The Hall–Kier alpha value is -2.09. The van der Waals surface area contributed by atoms with Crippen molar-refractivity contribution >= 4 is 11.6 Å². The van der Waals surface area contributed by atoms with Crippen molar-refractivity contribution in [1.82, 2.24) is 4.90 Å². The maximum Gasteiger partial charge on any atom is 0.256 e. The first-order chi connectivity index (χ1) is 8.90. The molecule has 2 N–H and O–H groups in total. The van der Waals surface area contributed by atoms with Gasteiger partial charge in [-0.1, -0.05) is 0 Å². The second kappa shape index (κ2) is 6.19. The Morgan fingerprint density at radius 2 is 2.21 bits per heavy atom. The first kappa shape index (κ1) is 15.0. The first-order valence-electron chi connectivity index (χ1n) is 6.15. The van der Waals surface area contributed by atoms with Crippen LogP contribution >= 0.6 is 0 Å². The van der Waals surface area contributed by atoms with Crippen LogP contribution in [-0.4, -0.2) is 23.9 Å². The summed E-state index contributed by atoms with van der Waals surface area (Å²) in [5.74, 6) is -1.28. The summed E-state index contributed by atoms with van der Waals surface area (Å²) in [5, 5.41) is 8.79. The van der Waals surface area contributed by atoms with Gasteiger partial charge in [0.15, 0.2) is 0 Å². The van der Waals surface area contributed by atoms with Gasteiger partial charge in [-0.15, -0.1) is 0 Å². The quantitative estimate of drug-likeness (QED) is 0.847. The monoisotopic (exact) mass is 263 g/mol. The van der Waals surface area contributed by atoms with Crippen molar-refractivity contribution in [2.24, 2.45) is 5.92 Å². The number of anilines is 1. The van der Waals surface area contributed by atoms with Crippen molar-refractivity contribution < 1.29 is 9.18 Å². The van der Waals surface area contributed by atoms with E-state index < -0.39 is 11.7 Å². The van der Waals surface area contributed by atoms with E-state index in [1.54, 1.807) is 20.8 Å². The van der Waals surface area contributed by atoms with Gasteiger partial charge >= 0.3 is 0 Å². The van der Waals surface area contributed by atoms with Crippen LogP contribution in [0.3, 0.4) is 0 Å². The van der Waals surface area contributed by atoms with Gasteiger partial charge in [-0.3, -0.25) is 4.79 Å². The first-order valence-corrected chi connectivity index (χ1v) is 6.15. The number of benzene rings is 1. The Morgan fingerprint density at radius 3 is 2.74 bits per heavy atom. The number of rotatable bonds is 4. The van der Waals surface area contributed by atoms with Crippen molar-refractivity contribution in [2.45, 2.75) is 20.8 Å². The van der Waals surface area contributed by atoms with Crippen LogP contribution in [0.25, 0.3) is 0 Å². The zero-order valence-electron chi connectivity index (χ0n) is 11.4. The zero-order chi connectivity index (χ0) is 14.6. The summed E-state index contributed by atoms with van der Waals surface area (Å²) >= 11 is 0. The Labute approximate surface area is 112 Å². The average molecular weight is 263 g/mol. The SMILES string of the molecule is CCN(CC(C)C#N)C(=O)c1cc(N)cc(C)c1F. The summed E-state index contributed by atoms with van der Waals surface area (Å²) in [7, 11) is 0. The van der Waals surface area contributed by atoms with Crippen molar-refractivity contribution in [3.63, 3.8) is 0 Å². The highest BCUT2D eigenvalue weighted by molar-refractivity contribution is 5.95. The number of nitriles is 1. The van der Waals surface area contributed by atoms with Gasteiger partial charge in [0, 0.05) is 18.8 Å². The molecule has 1 aromatic rings. The third kappa shape index (κ3) is 3.44. The van der Waals surface area contributed by atoms with Gasteiger partial charge in [-0.05, 0) is 38.5 Å². The number of carbonyl (C=O) groups excluding carboxylic acids is 1. The molecule has 4 nitrogen and oxygen atoms in total. The van der Waals surface area contributed by atoms with Crippen molar-refractivity contribution in [2.75, 3.05) is 18.8 Å². The molecule has 0 aromatic heterocycles. The number of nitrogens with two attached hydrogens (primary N) is 1. The van der Waals surface area contributed by atoms with Crippen LogP contribution in [0, 0.1) is 30.0 Å². The van der Waals surface area contributed by atoms with Crippen LogP contribution in [0.2, 0.25) is 0 Å². The molecule has 0 radical (unpaired) electrons. The highest BCUT2D eigenvalue weighted by Crippen LogP contribution is 2.19. The van der Waals surface area contributed by atoms with Crippen molar-refractivity contribution in [1.29, 1.82) is 5.26 Å². The molecule has 1 atom stereocenters. The van der Waals surface area contributed by atoms with Gasteiger partial charge in [0.1, 0.15) is 5.82 Å². The highest BCUT2D eigenvalue weighted by atomic mass is 19.1. The Morgan fingerprint density at radius 1 is 1.58 bits per heavy atom. The molecule has 0 heterocycles. The lowest BCUT2D eigenvalue weighted by Gasteiger charge is -2.22. The minimum atomic E-state index is -0.553. The summed E-state index contributed by atoms with van der Waals surface area (Å²) in [6, 6.07) is 4.89. The number of hydrogen-bond acceptors (Lipinski definition) is 3. The molecule has 0 saturated carbocycles. The number of nitrogens with zero attached hydrogens (tertiary/aromatic N) is 2. The molecule has 0 fully saturated rings. The van der Waals surface area contributed by atoms with Gasteiger partial charge in [0.2, 0.25) is 0 Å². The largest absolute Gasteiger partial charge is 0.399 e. The Kier molecular flexibility index (Phi) is 4.87. The summed E-state index contributed by atoms with van der Waals surface area (Å²) in [6.45, 7) is 5.77. The maximum atomic E-state index is 14.0. The minimum Gasteiger partial charge on any atom is -0.399 e. The Bertz CT molecular complexity index is 522. The van der Waals surface area contributed by atoms with Crippen LogP contribution < -0.4 is 5.73 Å². The second-order valence-corrected chi connectivity index (χ2v) is 4.57. The molecule has 1 unspecified atom stereocenters. The molecular formula is C14H18FN3O. The molecule has 0 aliphatic carbocycles. The zero-order valence-corrected chi connectivity index (χ0v) is 11.4. The van der Waals surface area contributed by atoms with Crippen LogP contribution in [0.4, 0.5) is 10.1 Å². The molecule has 0 aliphatic heterocycles. The number of nitrogen functional groups attached to an aromatic ring is 1. The van der Waals surface area contributed by atoms with Gasteiger partial charge in [-0.2, -0.15) is 5.26 Å². The van der Waals surface area contributed by atoms with Crippen LogP contribution in [0.5, 0.6) is 0 Å². The van der Waals surface area contributed by atoms with Gasteiger partial charge in [0.25, 0.3) is 5.91 Å². The fourth-order valence-electron chi connectivity index (χ4n) is 1.85.